The fourth-order valence-electron chi connectivity index (χ4n) is 2.80. The molecule has 1 saturated heterocycles. The van der Waals surface area contributed by atoms with E-state index in [1.807, 2.05) is 4.90 Å². The van der Waals surface area contributed by atoms with E-state index in [4.69, 9.17) is 10.8 Å². The highest BCUT2D eigenvalue weighted by Crippen LogP contribution is 2.29. The first kappa shape index (κ1) is 13.2. The maximum absolute atomic E-state index is 11.7. The molecule has 0 aromatic carbocycles. The van der Waals surface area contributed by atoms with Gasteiger partial charge >= 0.3 is 0 Å². The van der Waals surface area contributed by atoms with Crippen LogP contribution in [0.15, 0.2) is 9.79 Å². The molecule has 2 aliphatic rings. The second-order valence-electron chi connectivity index (χ2n) is 5.30. The number of β-amino-alcohol motifs (C(OH)–C–C–N with tert-alkyl or cyclic N) is 1. The summed E-state index contributed by atoms with van der Waals surface area (Å²) in [6.45, 7) is 1.69. The maximum atomic E-state index is 11.7. The number of rotatable bonds is 3. The number of nitrogens with zero attached hydrogens (tertiary/aromatic N) is 3. The molecular formula is C12H17N5O3. The molecule has 1 unspecified atom stereocenters. The van der Waals surface area contributed by atoms with Gasteiger partial charge < -0.3 is 15.9 Å². The van der Waals surface area contributed by atoms with Crippen LogP contribution in [0.4, 0.5) is 11.6 Å². The summed E-state index contributed by atoms with van der Waals surface area (Å²) in [6, 6.07) is 0. The van der Waals surface area contributed by atoms with Gasteiger partial charge in [-0.15, -0.1) is 0 Å². The number of aromatic amines is 1. The Labute approximate surface area is 115 Å². The average Bonchev–Trinajstić information content (AvgIpc) is 2.94. The van der Waals surface area contributed by atoms with Crippen molar-refractivity contribution in [2.24, 2.45) is 10.9 Å². The maximum Gasteiger partial charge on any atom is 0.278 e. The molecule has 1 aromatic heterocycles. The molecule has 20 heavy (non-hydrogen) atoms. The van der Waals surface area contributed by atoms with E-state index < -0.39 is 6.10 Å². The van der Waals surface area contributed by atoms with E-state index in [1.54, 1.807) is 6.21 Å². The number of hydrogen-bond donors (Lipinski definition) is 4. The summed E-state index contributed by atoms with van der Waals surface area (Å²) in [4.78, 5) is 24.4. The zero-order valence-electron chi connectivity index (χ0n) is 10.9. The van der Waals surface area contributed by atoms with E-state index in [9.17, 15) is 9.90 Å². The molecule has 0 spiro atoms. The molecule has 8 nitrogen and oxygen atoms in total. The van der Waals surface area contributed by atoms with Crippen molar-refractivity contribution in [1.82, 2.24) is 14.9 Å². The van der Waals surface area contributed by atoms with Gasteiger partial charge in [-0.3, -0.25) is 19.7 Å². The second kappa shape index (κ2) is 4.97. The average molecular weight is 279 g/mol. The lowest BCUT2D eigenvalue weighted by Gasteiger charge is -2.18. The number of nitrogen functional groups attached to an aromatic ring is 1. The summed E-state index contributed by atoms with van der Waals surface area (Å²) in [7, 11) is 0. The van der Waals surface area contributed by atoms with Crippen molar-refractivity contribution in [3.8, 4) is 0 Å². The number of H-pyrrole nitrogens is 1. The first-order valence-corrected chi connectivity index (χ1v) is 6.53. The van der Waals surface area contributed by atoms with Gasteiger partial charge in [-0.25, -0.2) is 4.98 Å². The highest BCUT2D eigenvalue weighted by atomic mass is 16.3. The van der Waals surface area contributed by atoms with Gasteiger partial charge in [-0.1, -0.05) is 0 Å². The molecular weight excluding hydrogens is 262 g/mol. The van der Waals surface area contributed by atoms with Crippen LogP contribution in [0.5, 0.6) is 0 Å². The van der Waals surface area contributed by atoms with Crippen molar-refractivity contribution < 1.29 is 10.2 Å². The molecule has 108 valence electrons. The minimum absolute atomic E-state index is 0.0299. The van der Waals surface area contributed by atoms with Crippen LogP contribution in [-0.2, 0) is 0 Å². The smallest absolute Gasteiger partial charge is 0.278 e. The predicted molar refractivity (Wildman–Crippen MR) is 73.2 cm³/mol. The predicted octanol–water partition coefficient (Wildman–Crippen LogP) is -1.56. The number of nitrogens with one attached hydrogen (secondary N) is 1. The van der Waals surface area contributed by atoms with Gasteiger partial charge in [0.1, 0.15) is 0 Å². The van der Waals surface area contributed by atoms with Crippen molar-refractivity contribution in [2.45, 2.75) is 12.0 Å². The Morgan fingerprint density at radius 1 is 1.50 bits per heavy atom. The Morgan fingerprint density at radius 3 is 3.00 bits per heavy atom. The highest BCUT2D eigenvalue weighted by Gasteiger charge is 2.33. The summed E-state index contributed by atoms with van der Waals surface area (Å²) < 4.78 is 0. The Bertz CT molecular complexity index is 599. The topological polar surface area (TPSA) is 128 Å². The molecule has 8 heteroatoms. The molecule has 2 aliphatic heterocycles. The van der Waals surface area contributed by atoms with Crippen LogP contribution in [0.25, 0.3) is 0 Å². The van der Waals surface area contributed by atoms with Crippen LogP contribution in [-0.4, -0.2) is 63.6 Å². The summed E-state index contributed by atoms with van der Waals surface area (Å²) in [5.41, 5.74) is 6.11. The number of nitrogens with two attached hydrogens (primary N) is 1. The SMILES string of the molecule is Nc1nc2c(c(=O)[nH]1)N=CC2CN1C[C@H](CO)[C@@H](O)C1. The Hall–Kier alpha value is -1.77. The minimum Gasteiger partial charge on any atom is -0.396 e. The van der Waals surface area contributed by atoms with E-state index in [0.717, 1.165) is 0 Å². The molecule has 1 aromatic rings. The molecule has 3 atom stereocenters. The van der Waals surface area contributed by atoms with Gasteiger partial charge in [0.15, 0.2) is 5.69 Å². The first-order chi connectivity index (χ1) is 9.58. The van der Waals surface area contributed by atoms with Crippen molar-refractivity contribution in [1.29, 1.82) is 0 Å². The van der Waals surface area contributed by atoms with Crippen LogP contribution in [0.2, 0.25) is 0 Å². The van der Waals surface area contributed by atoms with Crippen LogP contribution in [0, 0.1) is 5.92 Å². The van der Waals surface area contributed by atoms with Crippen LogP contribution < -0.4 is 11.3 Å². The zero-order chi connectivity index (χ0) is 14.3. The molecule has 3 heterocycles. The lowest BCUT2D eigenvalue weighted by molar-refractivity contribution is 0.103. The quantitative estimate of drug-likeness (QED) is 0.529. The van der Waals surface area contributed by atoms with Crippen LogP contribution in [0.3, 0.4) is 0 Å². The molecule has 0 amide bonds. The van der Waals surface area contributed by atoms with Crippen LogP contribution >= 0.6 is 0 Å². The largest absolute Gasteiger partial charge is 0.396 e. The summed E-state index contributed by atoms with van der Waals surface area (Å²) in [5, 5.41) is 18.9. The zero-order valence-corrected chi connectivity index (χ0v) is 10.9. The fourth-order valence-corrected chi connectivity index (χ4v) is 2.80. The number of aromatic nitrogens is 2. The van der Waals surface area contributed by atoms with Gasteiger partial charge in [0.25, 0.3) is 5.56 Å². The van der Waals surface area contributed by atoms with Gasteiger partial charge in [0, 0.05) is 38.4 Å². The van der Waals surface area contributed by atoms with E-state index >= 15 is 0 Å². The third kappa shape index (κ3) is 2.21. The monoisotopic (exact) mass is 279 g/mol. The normalized spacial score (nSPS) is 29.0. The van der Waals surface area contributed by atoms with E-state index in [1.165, 1.54) is 0 Å². The Kier molecular flexibility index (Phi) is 3.28. The Morgan fingerprint density at radius 2 is 2.30 bits per heavy atom. The van der Waals surface area contributed by atoms with Gasteiger partial charge in [0.2, 0.25) is 5.95 Å². The van der Waals surface area contributed by atoms with E-state index in [2.05, 4.69) is 15.0 Å². The van der Waals surface area contributed by atoms with Gasteiger partial charge in [-0.05, 0) is 0 Å². The lowest BCUT2D eigenvalue weighted by Crippen LogP contribution is -2.28. The first-order valence-electron chi connectivity index (χ1n) is 6.53. The number of fused-ring (bicyclic) bond motifs is 1. The molecule has 1 fully saturated rings. The third-order valence-electron chi connectivity index (χ3n) is 3.85. The number of likely N-dealkylation sites (tertiary alicyclic amines) is 1. The number of aliphatic hydroxyl groups excluding tert-OH is 2. The van der Waals surface area contributed by atoms with Crippen molar-refractivity contribution in [3.05, 3.63) is 16.0 Å². The van der Waals surface area contributed by atoms with Gasteiger partial charge in [-0.2, -0.15) is 0 Å². The van der Waals surface area contributed by atoms with E-state index in [-0.39, 0.29) is 30.0 Å². The molecule has 0 bridgehead atoms. The Balaban J connectivity index is 1.77. The van der Waals surface area contributed by atoms with E-state index in [0.29, 0.717) is 31.0 Å². The van der Waals surface area contributed by atoms with Crippen molar-refractivity contribution in [3.63, 3.8) is 0 Å². The summed E-state index contributed by atoms with van der Waals surface area (Å²) in [6.07, 6.45) is 1.17. The number of hydrogen-bond acceptors (Lipinski definition) is 7. The number of aliphatic imine (C=N–C) groups is 1. The second-order valence-corrected chi connectivity index (χ2v) is 5.30. The van der Waals surface area contributed by atoms with Crippen LogP contribution in [0.1, 0.15) is 11.6 Å². The third-order valence-corrected chi connectivity index (χ3v) is 3.85. The minimum atomic E-state index is -0.519. The lowest BCUT2D eigenvalue weighted by atomic mass is 10.1. The molecule has 0 radical (unpaired) electrons. The highest BCUT2D eigenvalue weighted by molar-refractivity contribution is 5.79. The van der Waals surface area contributed by atoms with Crippen molar-refractivity contribution >= 4 is 17.9 Å². The van der Waals surface area contributed by atoms with Gasteiger partial charge in [0.05, 0.1) is 17.7 Å². The standard InChI is InChI=1S/C12H17N5O3/c13-12-15-9-6(1-14-10(9)11(20)16-12)2-17-3-7(5-18)8(19)4-17/h1,6-8,18-19H,2-5H2,(H3,13,15,16,20)/t6?,7-,8+/m1/s1. The summed E-state index contributed by atoms with van der Waals surface area (Å²) >= 11 is 0. The molecule has 0 aliphatic carbocycles. The number of anilines is 1. The number of aliphatic hydroxyl groups is 2. The molecule has 0 saturated carbocycles. The summed E-state index contributed by atoms with van der Waals surface area (Å²) in [5.74, 6) is -0.150. The molecule has 5 N–H and O–H groups in total. The fraction of sp³-hybridized carbons (Fsp3) is 0.583. The molecule has 3 rings (SSSR count). The van der Waals surface area contributed by atoms with Crippen molar-refractivity contribution in [2.75, 3.05) is 32.0 Å².